The molecule has 0 bridgehead atoms. The number of benzene rings is 1. The first kappa shape index (κ1) is 19.5. The number of pyridine rings is 2. The molecule has 1 N–H and O–H groups in total. The molecule has 0 aliphatic carbocycles. The molecule has 2 heterocycles. The Hall–Kier alpha value is -3.22. The van der Waals surface area contributed by atoms with Crippen LogP contribution >= 0.6 is 0 Å². The fraction of sp³-hybridized carbons (Fsp3) is 0.190. The van der Waals surface area contributed by atoms with Gasteiger partial charge in [0.05, 0.1) is 23.0 Å². The SMILES string of the molecule is Cc1ccc([C@H](NC(=O)c2ccc(C(F)(F)F)nc2C)c2ccccn2)cc1. The van der Waals surface area contributed by atoms with Crippen molar-refractivity contribution in [1.29, 1.82) is 0 Å². The molecule has 0 aliphatic rings. The summed E-state index contributed by atoms with van der Waals surface area (Å²) in [6.45, 7) is 3.33. The van der Waals surface area contributed by atoms with E-state index in [2.05, 4.69) is 15.3 Å². The molecule has 1 amide bonds. The van der Waals surface area contributed by atoms with E-state index >= 15 is 0 Å². The molecule has 0 saturated heterocycles. The molecule has 3 rings (SSSR count). The van der Waals surface area contributed by atoms with Crippen molar-refractivity contribution < 1.29 is 18.0 Å². The number of amides is 1. The zero-order valence-electron chi connectivity index (χ0n) is 15.3. The number of alkyl halides is 3. The summed E-state index contributed by atoms with van der Waals surface area (Å²) in [4.78, 5) is 20.6. The number of aromatic nitrogens is 2. The van der Waals surface area contributed by atoms with E-state index in [1.54, 1.807) is 24.4 Å². The summed E-state index contributed by atoms with van der Waals surface area (Å²) in [7, 11) is 0. The molecule has 4 nitrogen and oxygen atoms in total. The summed E-state index contributed by atoms with van der Waals surface area (Å²) in [5.74, 6) is -0.519. The lowest BCUT2D eigenvalue weighted by molar-refractivity contribution is -0.141. The summed E-state index contributed by atoms with van der Waals surface area (Å²) in [6.07, 6.45) is -2.94. The molecule has 0 radical (unpaired) electrons. The van der Waals surface area contributed by atoms with Gasteiger partial charge in [-0.05, 0) is 43.7 Å². The van der Waals surface area contributed by atoms with E-state index in [9.17, 15) is 18.0 Å². The smallest absolute Gasteiger partial charge is 0.339 e. The second kappa shape index (κ2) is 7.80. The minimum Gasteiger partial charge on any atom is -0.339 e. The van der Waals surface area contributed by atoms with Crippen molar-refractivity contribution in [3.05, 3.63) is 94.6 Å². The van der Waals surface area contributed by atoms with Crippen LogP contribution in [0.4, 0.5) is 13.2 Å². The summed E-state index contributed by atoms with van der Waals surface area (Å²) in [6, 6.07) is 14.4. The van der Waals surface area contributed by atoms with Crippen molar-refractivity contribution in [3.63, 3.8) is 0 Å². The zero-order chi connectivity index (χ0) is 20.3. The van der Waals surface area contributed by atoms with Crippen molar-refractivity contribution in [2.75, 3.05) is 0 Å². The third kappa shape index (κ3) is 4.36. The molecule has 0 fully saturated rings. The lowest BCUT2D eigenvalue weighted by Gasteiger charge is -2.20. The number of aryl methyl sites for hydroxylation is 2. The number of nitrogens with one attached hydrogen (secondary N) is 1. The third-order valence-corrected chi connectivity index (χ3v) is 4.29. The Morgan fingerprint density at radius 2 is 1.71 bits per heavy atom. The first-order chi connectivity index (χ1) is 13.3. The van der Waals surface area contributed by atoms with E-state index in [4.69, 9.17) is 0 Å². The molecule has 0 saturated carbocycles. The maximum atomic E-state index is 12.8. The van der Waals surface area contributed by atoms with Crippen LogP contribution in [-0.4, -0.2) is 15.9 Å². The quantitative estimate of drug-likeness (QED) is 0.712. The van der Waals surface area contributed by atoms with Gasteiger partial charge in [-0.15, -0.1) is 0 Å². The van der Waals surface area contributed by atoms with Gasteiger partial charge in [0.25, 0.3) is 5.91 Å². The predicted octanol–water partition coefficient (Wildman–Crippen LogP) is 4.63. The van der Waals surface area contributed by atoms with Gasteiger partial charge in [-0.25, -0.2) is 4.98 Å². The molecule has 1 aromatic carbocycles. The van der Waals surface area contributed by atoms with Gasteiger partial charge in [-0.1, -0.05) is 35.9 Å². The second-order valence-electron chi connectivity index (χ2n) is 6.40. The van der Waals surface area contributed by atoms with E-state index in [1.807, 2.05) is 31.2 Å². The molecular weight excluding hydrogens is 367 g/mol. The Morgan fingerprint density at radius 3 is 2.29 bits per heavy atom. The Bertz CT molecular complexity index is 970. The van der Waals surface area contributed by atoms with Crippen molar-refractivity contribution in [2.24, 2.45) is 0 Å². The molecular formula is C21H18F3N3O. The Labute approximate surface area is 160 Å². The van der Waals surface area contributed by atoms with Gasteiger partial charge in [0.15, 0.2) is 0 Å². The van der Waals surface area contributed by atoms with Gasteiger partial charge < -0.3 is 5.32 Å². The number of nitrogens with zero attached hydrogens (tertiary/aromatic N) is 2. The summed E-state index contributed by atoms with van der Waals surface area (Å²) in [5, 5.41) is 2.86. The standard InChI is InChI=1S/C21H18F3N3O/c1-13-6-8-15(9-7-13)19(17-5-3-4-12-25-17)27-20(28)16-10-11-18(21(22,23)24)26-14(16)2/h3-12,19H,1-2H3,(H,27,28)/t19-/m0/s1. The summed E-state index contributed by atoms with van der Waals surface area (Å²) >= 11 is 0. The molecule has 144 valence electrons. The highest BCUT2D eigenvalue weighted by Gasteiger charge is 2.33. The first-order valence-corrected chi connectivity index (χ1v) is 8.59. The van der Waals surface area contributed by atoms with Gasteiger partial charge in [0.1, 0.15) is 5.69 Å². The molecule has 0 unspecified atom stereocenters. The van der Waals surface area contributed by atoms with E-state index < -0.39 is 23.8 Å². The zero-order valence-corrected chi connectivity index (χ0v) is 15.3. The van der Waals surface area contributed by atoms with Gasteiger partial charge in [-0.2, -0.15) is 13.2 Å². The van der Waals surface area contributed by atoms with E-state index in [-0.39, 0.29) is 11.3 Å². The van der Waals surface area contributed by atoms with Crippen molar-refractivity contribution in [1.82, 2.24) is 15.3 Å². The molecule has 0 aliphatic heterocycles. The topological polar surface area (TPSA) is 54.9 Å². The monoisotopic (exact) mass is 385 g/mol. The highest BCUT2D eigenvalue weighted by atomic mass is 19.4. The number of hydrogen-bond acceptors (Lipinski definition) is 3. The number of hydrogen-bond donors (Lipinski definition) is 1. The summed E-state index contributed by atoms with van der Waals surface area (Å²) in [5.41, 5.74) is 1.57. The molecule has 0 spiro atoms. The molecule has 7 heteroatoms. The van der Waals surface area contributed by atoms with Crippen molar-refractivity contribution >= 4 is 5.91 Å². The van der Waals surface area contributed by atoms with Gasteiger partial charge in [-0.3, -0.25) is 9.78 Å². The average molecular weight is 385 g/mol. The highest BCUT2D eigenvalue weighted by Crippen LogP contribution is 2.28. The first-order valence-electron chi connectivity index (χ1n) is 8.59. The predicted molar refractivity (Wildman–Crippen MR) is 98.7 cm³/mol. The normalized spacial score (nSPS) is 12.5. The Balaban J connectivity index is 1.93. The fourth-order valence-electron chi connectivity index (χ4n) is 2.80. The number of rotatable bonds is 4. The van der Waals surface area contributed by atoms with E-state index in [0.717, 1.165) is 23.3 Å². The van der Waals surface area contributed by atoms with E-state index in [1.165, 1.54) is 6.92 Å². The maximum absolute atomic E-state index is 12.8. The van der Waals surface area contributed by atoms with Crippen LogP contribution in [0.5, 0.6) is 0 Å². The molecule has 1 atom stereocenters. The minimum atomic E-state index is -4.56. The minimum absolute atomic E-state index is 0.0102. The third-order valence-electron chi connectivity index (χ3n) is 4.29. The lowest BCUT2D eigenvalue weighted by atomic mass is 10.0. The highest BCUT2D eigenvalue weighted by molar-refractivity contribution is 5.95. The van der Waals surface area contributed by atoms with Crippen molar-refractivity contribution in [2.45, 2.75) is 26.1 Å². The van der Waals surface area contributed by atoms with Crippen LogP contribution in [0.1, 0.15) is 44.6 Å². The average Bonchev–Trinajstić information content (AvgIpc) is 2.66. The van der Waals surface area contributed by atoms with Gasteiger partial charge >= 0.3 is 6.18 Å². The molecule has 28 heavy (non-hydrogen) atoms. The largest absolute Gasteiger partial charge is 0.433 e. The molecule has 3 aromatic rings. The van der Waals surface area contributed by atoms with Crippen LogP contribution in [0.15, 0.2) is 60.8 Å². The van der Waals surface area contributed by atoms with Gasteiger partial charge in [0.2, 0.25) is 0 Å². The van der Waals surface area contributed by atoms with Crippen LogP contribution in [0, 0.1) is 13.8 Å². The van der Waals surface area contributed by atoms with Crippen LogP contribution in [0.2, 0.25) is 0 Å². The molecule has 2 aromatic heterocycles. The summed E-state index contributed by atoms with van der Waals surface area (Å²) < 4.78 is 38.4. The maximum Gasteiger partial charge on any atom is 0.433 e. The Morgan fingerprint density at radius 1 is 1.00 bits per heavy atom. The van der Waals surface area contributed by atoms with Crippen LogP contribution < -0.4 is 5.32 Å². The lowest BCUT2D eigenvalue weighted by Crippen LogP contribution is -2.30. The Kier molecular flexibility index (Phi) is 5.44. The van der Waals surface area contributed by atoms with Crippen LogP contribution in [0.25, 0.3) is 0 Å². The number of carbonyl (C=O) groups is 1. The fourth-order valence-corrected chi connectivity index (χ4v) is 2.80. The van der Waals surface area contributed by atoms with Crippen molar-refractivity contribution in [3.8, 4) is 0 Å². The van der Waals surface area contributed by atoms with Crippen LogP contribution in [-0.2, 0) is 6.18 Å². The number of carbonyl (C=O) groups excluding carboxylic acids is 1. The van der Waals surface area contributed by atoms with Gasteiger partial charge in [0, 0.05) is 6.20 Å². The second-order valence-corrected chi connectivity index (χ2v) is 6.40. The van der Waals surface area contributed by atoms with E-state index in [0.29, 0.717) is 5.69 Å². The van der Waals surface area contributed by atoms with Crippen LogP contribution in [0.3, 0.4) is 0 Å². The number of halogens is 3.